The topological polar surface area (TPSA) is 81.1 Å². The first-order chi connectivity index (χ1) is 8.30. The Bertz CT molecular complexity index is 346. The summed E-state index contributed by atoms with van der Waals surface area (Å²) in [5.41, 5.74) is 0. The number of hydrogen-bond donors (Lipinski definition) is 0. The highest BCUT2D eigenvalue weighted by atomic mass is 15.4. The SMILES string of the molecule is N#CCCN1CCN(CC#N)CN(CC#N)C1. The monoisotopic (exact) mass is 232 g/mol. The van der Waals surface area contributed by atoms with E-state index in [1.807, 2.05) is 9.80 Å². The molecule has 1 heterocycles. The number of nitriles is 3. The Morgan fingerprint density at radius 1 is 0.765 bits per heavy atom. The van der Waals surface area contributed by atoms with Gasteiger partial charge in [0.1, 0.15) is 0 Å². The molecule has 0 aliphatic carbocycles. The van der Waals surface area contributed by atoms with E-state index in [-0.39, 0.29) is 0 Å². The van der Waals surface area contributed by atoms with Crippen molar-refractivity contribution < 1.29 is 0 Å². The van der Waals surface area contributed by atoms with E-state index >= 15 is 0 Å². The van der Waals surface area contributed by atoms with Gasteiger partial charge in [0.2, 0.25) is 0 Å². The van der Waals surface area contributed by atoms with Gasteiger partial charge in [-0.3, -0.25) is 14.7 Å². The lowest BCUT2D eigenvalue weighted by Crippen LogP contribution is -2.39. The van der Waals surface area contributed by atoms with Gasteiger partial charge in [0, 0.05) is 26.1 Å². The highest BCUT2D eigenvalue weighted by molar-refractivity contribution is 4.84. The van der Waals surface area contributed by atoms with E-state index in [1.54, 1.807) is 0 Å². The summed E-state index contributed by atoms with van der Waals surface area (Å²) in [5, 5.41) is 26.0. The van der Waals surface area contributed by atoms with Crippen molar-refractivity contribution in [2.45, 2.75) is 6.42 Å². The zero-order valence-electron chi connectivity index (χ0n) is 9.84. The van der Waals surface area contributed by atoms with Gasteiger partial charge >= 0.3 is 0 Å². The van der Waals surface area contributed by atoms with E-state index in [2.05, 4.69) is 23.1 Å². The van der Waals surface area contributed by atoms with Crippen LogP contribution in [0.1, 0.15) is 6.42 Å². The predicted octanol–water partition coefficient (Wildman–Crippen LogP) is -0.218. The second kappa shape index (κ2) is 7.60. The van der Waals surface area contributed by atoms with Crippen molar-refractivity contribution in [3.8, 4) is 18.2 Å². The van der Waals surface area contributed by atoms with Crippen LogP contribution in [0.25, 0.3) is 0 Å². The van der Waals surface area contributed by atoms with Crippen molar-refractivity contribution >= 4 is 0 Å². The molecule has 0 atom stereocenters. The van der Waals surface area contributed by atoms with E-state index < -0.39 is 0 Å². The molecule has 0 aromatic heterocycles. The van der Waals surface area contributed by atoms with Gasteiger partial charge < -0.3 is 0 Å². The van der Waals surface area contributed by atoms with Crippen LogP contribution in [0.4, 0.5) is 0 Å². The zero-order valence-corrected chi connectivity index (χ0v) is 9.84. The van der Waals surface area contributed by atoms with Crippen LogP contribution in [0, 0.1) is 34.0 Å². The summed E-state index contributed by atoms with van der Waals surface area (Å²) in [4.78, 5) is 6.16. The molecule has 0 aromatic rings. The lowest BCUT2D eigenvalue weighted by molar-refractivity contribution is 0.143. The second-order valence-corrected chi connectivity index (χ2v) is 4.01. The minimum absolute atomic E-state index is 0.352. The first-order valence-corrected chi connectivity index (χ1v) is 5.58. The fourth-order valence-electron chi connectivity index (χ4n) is 1.85. The number of rotatable bonds is 4. The largest absolute Gasteiger partial charge is 0.288 e. The third kappa shape index (κ3) is 4.80. The molecule has 0 spiro atoms. The van der Waals surface area contributed by atoms with Gasteiger partial charge in [-0.05, 0) is 0 Å². The molecule has 17 heavy (non-hydrogen) atoms. The molecule has 0 radical (unpaired) electrons. The maximum Gasteiger partial charge on any atom is 0.0886 e. The fraction of sp³-hybridized carbons (Fsp3) is 0.727. The Hall–Kier alpha value is -1.65. The Morgan fingerprint density at radius 3 is 2.00 bits per heavy atom. The van der Waals surface area contributed by atoms with Crippen molar-refractivity contribution in [2.24, 2.45) is 0 Å². The second-order valence-electron chi connectivity index (χ2n) is 4.01. The smallest absolute Gasteiger partial charge is 0.0886 e. The molecule has 6 heteroatoms. The quantitative estimate of drug-likeness (QED) is 0.623. The van der Waals surface area contributed by atoms with Gasteiger partial charge in [0.25, 0.3) is 0 Å². The van der Waals surface area contributed by atoms with Crippen molar-refractivity contribution in [3.63, 3.8) is 0 Å². The molecule has 90 valence electrons. The summed E-state index contributed by atoms with van der Waals surface area (Å²) < 4.78 is 0. The predicted molar refractivity (Wildman–Crippen MR) is 61.0 cm³/mol. The molecular weight excluding hydrogens is 216 g/mol. The molecule has 1 saturated heterocycles. The Labute approximate surface area is 102 Å². The average molecular weight is 232 g/mol. The van der Waals surface area contributed by atoms with Crippen LogP contribution in [0.15, 0.2) is 0 Å². The molecule has 6 nitrogen and oxygen atoms in total. The normalized spacial score (nSPS) is 18.9. The van der Waals surface area contributed by atoms with Gasteiger partial charge in [0.15, 0.2) is 0 Å². The van der Waals surface area contributed by atoms with Gasteiger partial charge in [-0.1, -0.05) is 0 Å². The van der Waals surface area contributed by atoms with Crippen LogP contribution in [0.2, 0.25) is 0 Å². The summed E-state index contributed by atoms with van der Waals surface area (Å²) in [6.45, 7) is 4.44. The Balaban J connectivity index is 2.55. The number of hydrogen-bond acceptors (Lipinski definition) is 6. The highest BCUT2D eigenvalue weighted by Crippen LogP contribution is 2.04. The van der Waals surface area contributed by atoms with E-state index in [9.17, 15) is 0 Å². The van der Waals surface area contributed by atoms with Crippen molar-refractivity contribution in [3.05, 3.63) is 0 Å². The molecule has 0 amide bonds. The third-order valence-corrected chi connectivity index (χ3v) is 2.66. The van der Waals surface area contributed by atoms with Crippen LogP contribution >= 0.6 is 0 Å². The summed E-state index contributed by atoms with van der Waals surface area (Å²) >= 11 is 0. The molecule has 0 N–H and O–H groups in total. The van der Waals surface area contributed by atoms with E-state index in [1.165, 1.54) is 0 Å². The van der Waals surface area contributed by atoms with Crippen molar-refractivity contribution in [1.29, 1.82) is 15.8 Å². The fourth-order valence-corrected chi connectivity index (χ4v) is 1.85. The highest BCUT2D eigenvalue weighted by Gasteiger charge is 2.19. The molecule has 0 aromatic carbocycles. The zero-order chi connectivity index (χ0) is 12.5. The first-order valence-electron chi connectivity index (χ1n) is 5.58. The van der Waals surface area contributed by atoms with E-state index in [4.69, 9.17) is 15.8 Å². The van der Waals surface area contributed by atoms with E-state index in [0.717, 1.165) is 19.6 Å². The molecule has 1 aliphatic rings. The molecule has 1 fully saturated rings. The summed E-state index contributed by atoms with van der Waals surface area (Å²) in [6, 6.07) is 6.39. The van der Waals surface area contributed by atoms with E-state index in [0.29, 0.717) is 32.8 Å². The average Bonchev–Trinajstić information content (AvgIpc) is 2.50. The van der Waals surface area contributed by atoms with Crippen LogP contribution in [-0.4, -0.2) is 60.8 Å². The van der Waals surface area contributed by atoms with Gasteiger partial charge in [-0.25, -0.2) is 0 Å². The van der Waals surface area contributed by atoms with Crippen LogP contribution in [-0.2, 0) is 0 Å². The molecule has 0 saturated carbocycles. The maximum atomic E-state index is 8.74. The van der Waals surface area contributed by atoms with Crippen molar-refractivity contribution in [1.82, 2.24) is 14.7 Å². The summed E-state index contributed by atoms with van der Waals surface area (Å²) in [5.74, 6) is 0. The lowest BCUT2D eigenvalue weighted by atomic mass is 10.4. The van der Waals surface area contributed by atoms with Crippen LogP contribution < -0.4 is 0 Å². The molecule has 1 rings (SSSR count). The minimum atomic E-state index is 0.352. The lowest BCUT2D eigenvalue weighted by Gasteiger charge is -2.24. The molecular formula is C11H16N6. The van der Waals surface area contributed by atoms with Gasteiger partial charge in [0.05, 0.1) is 44.6 Å². The van der Waals surface area contributed by atoms with Gasteiger partial charge in [-0.2, -0.15) is 15.8 Å². The first kappa shape index (κ1) is 13.4. The van der Waals surface area contributed by atoms with Crippen LogP contribution in [0.3, 0.4) is 0 Å². The standard InChI is InChI=1S/C11H16N6/c12-2-1-5-15-8-9-16(6-3-13)11-17(10-15)7-4-14/h1,5-11H2. The number of nitrogens with zero attached hydrogens (tertiary/aromatic N) is 6. The third-order valence-electron chi connectivity index (χ3n) is 2.66. The molecule has 0 unspecified atom stereocenters. The summed E-state index contributed by atoms with van der Waals surface area (Å²) in [6.07, 6.45) is 0.499. The molecule has 0 bridgehead atoms. The Morgan fingerprint density at radius 2 is 1.35 bits per heavy atom. The maximum absolute atomic E-state index is 8.74. The minimum Gasteiger partial charge on any atom is -0.288 e. The van der Waals surface area contributed by atoms with Gasteiger partial charge in [-0.15, -0.1) is 0 Å². The molecule has 1 aliphatic heterocycles. The van der Waals surface area contributed by atoms with Crippen LogP contribution in [0.5, 0.6) is 0 Å². The van der Waals surface area contributed by atoms with Crippen molar-refractivity contribution in [2.75, 3.05) is 46.1 Å². The summed E-state index contributed by atoms with van der Waals surface area (Å²) in [7, 11) is 0. The Kier molecular flexibility index (Phi) is 5.99.